The largest absolute Gasteiger partial charge is 0.314 e. The zero-order chi connectivity index (χ0) is 20.5. The van der Waals surface area contributed by atoms with E-state index >= 15 is 0 Å². The van der Waals surface area contributed by atoms with Crippen LogP contribution < -0.4 is 10.9 Å². The summed E-state index contributed by atoms with van der Waals surface area (Å²) in [4.78, 5) is 15.7. The van der Waals surface area contributed by atoms with Crippen LogP contribution in [-0.2, 0) is 7.05 Å². The molecule has 2 heterocycles. The fourth-order valence-corrected chi connectivity index (χ4v) is 5.37. The first-order valence-corrected chi connectivity index (χ1v) is 11.4. The standard InChI is InChI=1S/C23H33ClN4O/c1-16-9-10-18(15-17(16)2)21(27-13-11-25-12-14-27)22-20(24)23(29)28(26(22)3)19-7-5-4-6-8-19/h9-10,15,19,21,25H,4-8,11-14H2,1-3H3. The Morgan fingerprint density at radius 2 is 1.76 bits per heavy atom. The summed E-state index contributed by atoms with van der Waals surface area (Å²) in [5.41, 5.74) is 4.68. The molecule has 1 saturated carbocycles. The summed E-state index contributed by atoms with van der Waals surface area (Å²) in [6, 6.07) is 6.90. The third-order valence-electron chi connectivity index (χ3n) is 6.84. The lowest BCUT2D eigenvalue weighted by molar-refractivity contribution is 0.188. The minimum Gasteiger partial charge on any atom is -0.314 e. The SMILES string of the molecule is Cc1ccc(C(c2c(Cl)c(=O)n(C3CCCCC3)n2C)N2CCNCC2)cc1C. The first-order valence-electron chi connectivity index (χ1n) is 11.0. The topological polar surface area (TPSA) is 42.2 Å². The third kappa shape index (κ3) is 3.92. The molecule has 0 radical (unpaired) electrons. The van der Waals surface area contributed by atoms with Gasteiger partial charge in [0.05, 0.1) is 17.8 Å². The normalized spacial score (nSPS) is 20.1. The molecule has 6 heteroatoms. The quantitative estimate of drug-likeness (QED) is 0.820. The molecule has 5 nitrogen and oxygen atoms in total. The van der Waals surface area contributed by atoms with Gasteiger partial charge >= 0.3 is 0 Å². The summed E-state index contributed by atoms with van der Waals surface area (Å²) in [6.45, 7) is 8.09. The summed E-state index contributed by atoms with van der Waals surface area (Å²) in [5.74, 6) is 0. The van der Waals surface area contributed by atoms with Crippen molar-refractivity contribution >= 4 is 11.6 Å². The Morgan fingerprint density at radius 1 is 1.07 bits per heavy atom. The van der Waals surface area contributed by atoms with E-state index in [1.807, 2.05) is 11.7 Å². The van der Waals surface area contributed by atoms with Gasteiger partial charge in [-0.05, 0) is 43.4 Å². The summed E-state index contributed by atoms with van der Waals surface area (Å²) in [6.07, 6.45) is 5.77. The van der Waals surface area contributed by atoms with Gasteiger partial charge in [-0.2, -0.15) is 0 Å². The summed E-state index contributed by atoms with van der Waals surface area (Å²) < 4.78 is 4.01. The number of hydrogen-bond donors (Lipinski definition) is 1. The van der Waals surface area contributed by atoms with Gasteiger partial charge in [0.1, 0.15) is 5.02 Å². The van der Waals surface area contributed by atoms with E-state index in [9.17, 15) is 4.79 Å². The van der Waals surface area contributed by atoms with Crippen LogP contribution in [0.5, 0.6) is 0 Å². The molecule has 0 bridgehead atoms. The Balaban J connectivity index is 1.84. The van der Waals surface area contributed by atoms with Gasteiger partial charge in [0.2, 0.25) is 0 Å². The Hall–Kier alpha value is -1.56. The van der Waals surface area contributed by atoms with Gasteiger partial charge in [-0.1, -0.05) is 49.1 Å². The molecule has 0 amide bonds. The van der Waals surface area contributed by atoms with Crippen molar-refractivity contribution in [3.8, 4) is 0 Å². The lowest BCUT2D eigenvalue weighted by Crippen LogP contribution is -2.46. The third-order valence-corrected chi connectivity index (χ3v) is 7.19. The zero-order valence-electron chi connectivity index (χ0n) is 17.9. The average Bonchev–Trinajstić information content (AvgIpc) is 2.96. The summed E-state index contributed by atoms with van der Waals surface area (Å²) >= 11 is 6.78. The van der Waals surface area contributed by atoms with Crippen molar-refractivity contribution in [2.24, 2.45) is 7.05 Å². The van der Waals surface area contributed by atoms with Gasteiger partial charge in [-0.15, -0.1) is 0 Å². The van der Waals surface area contributed by atoms with E-state index in [-0.39, 0.29) is 17.6 Å². The van der Waals surface area contributed by atoms with Crippen molar-refractivity contribution in [1.29, 1.82) is 0 Å². The van der Waals surface area contributed by atoms with Crippen LogP contribution in [0.15, 0.2) is 23.0 Å². The van der Waals surface area contributed by atoms with E-state index < -0.39 is 0 Å². The number of rotatable bonds is 4. The van der Waals surface area contributed by atoms with Crippen molar-refractivity contribution in [1.82, 2.24) is 19.6 Å². The van der Waals surface area contributed by atoms with Crippen molar-refractivity contribution in [3.63, 3.8) is 0 Å². The van der Waals surface area contributed by atoms with Gasteiger partial charge < -0.3 is 5.32 Å². The fourth-order valence-electron chi connectivity index (χ4n) is 5.05. The van der Waals surface area contributed by atoms with Crippen LogP contribution in [0.25, 0.3) is 0 Å². The summed E-state index contributed by atoms with van der Waals surface area (Å²) in [7, 11) is 2.02. The maximum atomic E-state index is 13.2. The van der Waals surface area contributed by atoms with Gasteiger partial charge in [0, 0.05) is 33.2 Å². The second-order valence-electron chi connectivity index (χ2n) is 8.70. The number of nitrogens with one attached hydrogen (secondary N) is 1. The van der Waals surface area contributed by atoms with Crippen LogP contribution >= 0.6 is 11.6 Å². The predicted molar refractivity (Wildman–Crippen MR) is 119 cm³/mol. The van der Waals surface area contributed by atoms with Crippen LogP contribution in [0.4, 0.5) is 0 Å². The molecule has 1 aromatic heterocycles. The molecular formula is C23H33ClN4O. The number of piperazine rings is 1. The molecule has 1 aliphatic carbocycles. The highest BCUT2D eigenvalue weighted by Crippen LogP contribution is 2.35. The number of halogens is 1. The molecule has 2 fully saturated rings. The molecule has 1 aromatic carbocycles. The second kappa shape index (κ2) is 8.66. The minimum absolute atomic E-state index is 0.00793. The molecule has 1 saturated heterocycles. The average molecular weight is 417 g/mol. The second-order valence-corrected chi connectivity index (χ2v) is 9.07. The van der Waals surface area contributed by atoms with Crippen LogP contribution in [-0.4, -0.2) is 40.4 Å². The number of hydrogen-bond acceptors (Lipinski definition) is 3. The smallest absolute Gasteiger partial charge is 0.286 e. The Morgan fingerprint density at radius 3 is 2.41 bits per heavy atom. The number of aryl methyl sites for hydroxylation is 2. The van der Waals surface area contributed by atoms with Crippen LogP contribution in [0.1, 0.15) is 66.6 Å². The maximum Gasteiger partial charge on any atom is 0.286 e. The Labute approximate surface area is 178 Å². The zero-order valence-corrected chi connectivity index (χ0v) is 18.6. The van der Waals surface area contributed by atoms with Crippen molar-refractivity contribution in [2.75, 3.05) is 26.2 Å². The van der Waals surface area contributed by atoms with E-state index in [2.05, 4.69) is 46.9 Å². The molecule has 1 aliphatic heterocycles. The molecule has 1 unspecified atom stereocenters. The van der Waals surface area contributed by atoms with Crippen LogP contribution in [0.3, 0.4) is 0 Å². The number of nitrogens with zero attached hydrogens (tertiary/aromatic N) is 3. The van der Waals surface area contributed by atoms with Crippen molar-refractivity contribution < 1.29 is 0 Å². The molecular weight excluding hydrogens is 384 g/mol. The lowest BCUT2D eigenvalue weighted by atomic mass is 9.96. The Kier molecular flexibility index (Phi) is 6.19. The predicted octanol–water partition coefficient (Wildman–Crippen LogP) is 3.96. The van der Waals surface area contributed by atoms with Crippen LogP contribution in [0, 0.1) is 13.8 Å². The first kappa shape index (κ1) is 20.7. The summed E-state index contributed by atoms with van der Waals surface area (Å²) in [5, 5.41) is 3.83. The molecule has 2 aliphatic rings. The van der Waals surface area contributed by atoms with E-state index in [1.54, 1.807) is 0 Å². The van der Waals surface area contributed by atoms with E-state index in [0.717, 1.165) is 44.7 Å². The molecule has 29 heavy (non-hydrogen) atoms. The molecule has 1 atom stereocenters. The highest BCUT2D eigenvalue weighted by Gasteiger charge is 2.33. The molecule has 158 valence electrons. The monoisotopic (exact) mass is 416 g/mol. The maximum absolute atomic E-state index is 13.2. The van der Waals surface area contributed by atoms with Gasteiger partial charge in [0.25, 0.3) is 5.56 Å². The minimum atomic E-state index is -0.0277. The van der Waals surface area contributed by atoms with Crippen molar-refractivity contribution in [3.05, 3.63) is 56.0 Å². The Bertz CT molecular complexity index is 920. The van der Waals surface area contributed by atoms with E-state index in [4.69, 9.17) is 11.6 Å². The van der Waals surface area contributed by atoms with Crippen LogP contribution in [0.2, 0.25) is 5.02 Å². The number of benzene rings is 1. The fraction of sp³-hybridized carbons (Fsp3) is 0.609. The molecule has 0 spiro atoms. The first-order chi connectivity index (χ1) is 14.0. The molecule has 1 N–H and O–H groups in total. The lowest BCUT2D eigenvalue weighted by Gasteiger charge is -2.36. The van der Waals surface area contributed by atoms with E-state index in [1.165, 1.54) is 36.0 Å². The molecule has 2 aromatic rings. The number of aromatic nitrogens is 2. The van der Waals surface area contributed by atoms with Gasteiger partial charge in [0.15, 0.2) is 0 Å². The molecule has 4 rings (SSSR count). The van der Waals surface area contributed by atoms with E-state index in [0.29, 0.717) is 5.02 Å². The van der Waals surface area contributed by atoms with Gasteiger partial charge in [-0.25, -0.2) is 4.68 Å². The highest BCUT2D eigenvalue weighted by atomic mass is 35.5. The van der Waals surface area contributed by atoms with Crippen molar-refractivity contribution in [2.45, 2.75) is 58.0 Å². The highest BCUT2D eigenvalue weighted by molar-refractivity contribution is 6.31. The van der Waals surface area contributed by atoms with Gasteiger partial charge in [-0.3, -0.25) is 14.4 Å².